The maximum Gasteiger partial charge on any atom is 0.0641 e. The van der Waals surface area contributed by atoms with E-state index in [1.54, 1.807) is 7.11 Å². The van der Waals surface area contributed by atoms with Crippen LogP contribution >= 0.6 is 0 Å². The summed E-state index contributed by atoms with van der Waals surface area (Å²) < 4.78 is 12.9. The van der Waals surface area contributed by atoms with Crippen LogP contribution in [0.25, 0.3) is 0 Å². The first kappa shape index (κ1) is 16.5. The number of hydrogen-bond donors (Lipinski definition) is 0. The Hall–Kier alpha value is -0.910. The zero-order valence-corrected chi connectivity index (χ0v) is 13.9. The standard InChI is InChI=1S/C16H29N3O2/c1-5-19-14(3)16(13(2)17-19)11-18(7-9-20-4)10-15-6-8-21-12-15/h15H,5-12H2,1-4H3. The molecule has 0 saturated carbocycles. The van der Waals surface area contributed by atoms with Gasteiger partial charge in [-0.2, -0.15) is 5.10 Å². The van der Waals surface area contributed by atoms with E-state index in [1.165, 1.54) is 17.7 Å². The van der Waals surface area contributed by atoms with Gasteiger partial charge in [0.2, 0.25) is 0 Å². The summed E-state index contributed by atoms with van der Waals surface area (Å²) in [5.74, 6) is 0.656. The zero-order valence-electron chi connectivity index (χ0n) is 13.9. The van der Waals surface area contributed by atoms with Gasteiger partial charge in [-0.25, -0.2) is 0 Å². The van der Waals surface area contributed by atoms with E-state index in [4.69, 9.17) is 9.47 Å². The van der Waals surface area contributed by atoms with E-state index in [0.29, 0.717) is 5.92 Å². The molecule has 120 valence electrons. The van der Waals surface area contributed by atoms with Crippen molar-refractivity contribution >= 4 is 0 Å². The molecule has 1 aliphatic rings. The van der Waals surface area contributed by atoms with E-state index in [0.717, 1.165) is 51.7 Å². The summed E-state index contributed by atoms with van der Waals surface area (Å²) in [5, 5.41) is 4.63. The summed E-state index contributed by atoms with van der Waals surface area (Å²) in [6.45, 7) is 12.9. The molecule has 2 heterocycles. The van der Waals surface area contributed by atoms with Crippen molar-refractivity contribution < 1.29 is 9.47 Å². The monoisotopic (exact) mass is 295 g/mol. The van der Waals surface area contributed by atoms with Gasteiger partial charge in [-0.15, -0.1) is 0 Å². The zero-order chi connectivity index (χ0) is 15.2. The normalized spacial score (nSPS) is 18.8. The molecule has 1 atom stereocenters. The van der Waals surface area contributed by atoms with Gasteiger partial charge in [-0.05, 0) is 33.1 Å². The van der Waals surface area contributed by atoms with Crippen LogP contribution in [0.1, 0.15) is 30.3 Å². The molecule has 0 bridgehead atoms. The van der Waals surface area contributed by atoms with Crippen molar-refractivity contribution in [1.82, 2.24) is 14.7 Å². The van der Waals surface area contributed by atoms with Crippen molar-refractivity contribution in [1.29, 1.82) is 0 Å². The predicted molar refractivity (Wildman–Crippen MR) is 83.5 cm³/mol. The maximum atomic E-state index is 5.51. The highest BCUT2D eigenvalue weighted by Crippen LogP contribution is 2.19. The highest BCUT2D eigenvalue weighted by molar-refractivity contribution is 5.24. The van der Waals surface area contributed by atoms with Gasteiger partial charge < -0.3 is 9.47 Å². The van der Waals surface area contributed by atoms with Gasteiger partial charge in [-0.1, -0.05) is 0 Å². The number of rotatable bonds is 8. The fourth-order valence-corrected chi connectivity index (χ4v) is 3.04. The Morgan fingerprint density at radius 3 is 2.81 bits per heavy atom. The maximum absolute atomic E-state index is 5.51. The molecule has 0 aromatic carbocycles. The van der Waals surface area contributed by atoms with Crippen molar-refractivity contribution in [2.75, 3.05) is 40.0 Å². The number of ether oxygens (including phenoxy) is 2. The van der Waals surface area contributed by atoms with Crippen molar-refractivity contribution in [2.45, 2.75) is 40.3 Å². The molecule has 5 heteroatoms. The molecule has 1 aromatic heterocycles. The van der Waals surface area contributed by atoms with E-state index >= 15 is 0 Å². The summed E-state index contributed by atoms with van der Waals surface area (Å²) in [7, 11) is 1.77. The summed E-state index contributed by atoms with van der Waals surface area (Å²) >= 11 is 0. The highest BCUT2D eigenvalue weighted by atomic mass is 16.5. The summed E-state index contributed by atoms with van der Waals surface area (Å²) in [6.07, 6.45) is 1.18. The number of aromatic nitrogens is 2. The lowest BCUT2D eigenvalue weighted by Gasteiger charge is -2.25. The van der Waals surface area contributed by atoms with E-state index in [1.807, 2.05) is 0 Å². The minimum Gasteiger partial charge on any atom is -0.383 e. The summed E-state index contributed by atoms with van der Waals surface area (Å²) in [5.41, 5.74) is 3.81. The van der Waals surface area contributed by atoms with Crippen molar-refractivity contribution in [3.05, 3.63) is 17.0 Å². The molecule has 0 spiro atoms. The smallest absolute Gasteiger partial charge is 0.0641 e. The molecule has 0 radical (unpaired) electrons. The average Bonchev–Trinajstić information content (AvgIpc) is 3.07. The number of aryl methyl sites for hydroxylation is 2. The quantitative estimate of drug-likeness (QED) is 0.735. The van der Waals surface area contributed by atoms with Gasteiger partial charge in [0.15, 0.2) is 0 Å². The van der Waals surface area contributed by atoms with Crippen molar-refractivity contribution in [2.24, 2.45) is 5.92 Å². The van der Waals surface area contributed by atoms with Crippen LogP contribution < -0.4 is 0 Å². The molecule has 0 amide bonds. The fraction of sp³-hybridized carbons (Fsp3) is 0.812. The average molecular weight is 295 g/mol. The summed E-state index contributed by atoms with van der Waals surface area (Å²) in [6, 6.07) is 0. The van der Waals surface area contributed by atoms with Crippen LogP contribution in [-0.2, 0) is 22.6 Å². The first-order valence-electron chi connectivity index (χ1n) is 7.97. The van der Waals surface area contributed by atoms with Gasteiger partial charge in [0.05, 0.1) is 18.9 Å². The van der Waals surface area contributed by atoms with Crippen LogP contribution in [0.2, 0.25) is 0 Å². The Morgan fingerprint density at radius 2 is 2.24 bits per heavy atom. The van der Waals surface area contributed by atoms with Gasteiger partial charge in [0.25, 0.3) is 0 Å². The molecule has 1 aromatic rings. The van der Waals surface area contributed by atoms with Gasteiger partial charge >= 0.3 is 0 Å². The number of hydrogen-bond acceptors (Lipinski definition) is 4. The predicted octanol–water partition coefficient (Wildman–Crippen LogP) is 2.00. The topological polar surface area (TPSA) is 39.5 Å². The first-order chi connectivity index (χ1) is 10.2. The highest BCUT2D eigenvalue weighted by Gasteiger charge is 2.21. The second kappa shape index (κ2) is 7.92. The minimum atomic E-state index is 0.656. The third-order valence-corrected chi connectivity index (χ3v) is 4.36. The van der Waals surface area contributed by atoms with Crippen LogP contribution in [0.4, 0.5) is 0 Å². The molecule has 5 nitrogen and oxygen atoms in total. The molecule has 0 N–H and O–H groups in total. The first-order valence-corrected chi connectivity index (χ1v) is 7.97. The number of nitrogens with zero attached hydrogens (tertiary/aromatic N) is 3. The van der Waals surface area contributed by atoms with Crippen LogP contribution in [0.15, 0.2) is 0 Å². The van der Waals surface area contributed by atoms with Crippen LogP contribution in [0, 0.1) is 19.8 Å². The SMILES string of the molecule is CCn1nc(C)c(CN(CCOC)CC2CCOC2)c1C. The van der Waals surface area contributed by atoms with Crippen LogP contribution in [0.5, 0.6) is 0 Å². The molecule has 1 aliphatic heterocycles. The van der Waals surface area contributed by atoms with Gasteiger partial charge in [0, 0.05) is 51.2 Å². The van der Waals surface area contributed by atoms with E-state index in [2.05, 4.69) is 35.5 Å². The second-order valence-corrected chi connectivity index (χ2v) is 5.92. The van der Waals surface area contributed by atoms with Gasteiger partial charge in [-0.3, -0.25) is 9.58 Å². The lowest BCUT2D eigenvalue weighted by Crippen LogP contribution is -2.32. The Kier molecular flexibility index (Phi) is 6.21. The van der Waals surface area contributed by atoms with Crippen LogP contribution in [-0.4, -0.2) is 54.7 Å². The van der Waals surface area contributed by atoms with E-state index in [-0.39, 0.29) is 0 Å². The second-order valence-electron chi connectivity index (χ2n) is 5.92. The van der Waals surface area contributed by atoms with E-state index < -0.39 is 0 Å². The molecule has 2 rings (SSSR count). The number of methoxy groups -OCH3 is 1. The summed E-state index contributed by atoms with van der Waals surface area (Å²) in [4.78, 5) is 2.49. The molecule has 0 aliphatic carbocycles. The molecule has 1 fully saturated rings. The van der Waals surface area contributed by atoms with Gasteiger partial charge in [0.1, 0.15) is 0 Å². The minimum absolute atomic E-state index is 0.656. The third kappa shape index (κ3) is 4.28. The Bertz CT molecular complexity index is 439. The fourth-order valence-electron chi connectivity index (χ4n) is 3.04. The Balaban J connectivity index is 2.04. The van der Waals surface area contributed by atoms with Crippen molar-refractivity contribution in [3.8, 4) is 0 Å². The molecule has 21 heavy (non-hydrogen) atoms. The molecule has 1 unspecified atom stereocenters. The lowest BCUT2D eigenvalue weighted by molar-refractivity contribution is 0.124. The Morgan fingerprint density at radius 1 is 1.43 bits per heavy atom. The van der Waals surface area contributed by atoms with E-state index in [9.17, 15) is 0 Å². The van der Waals surface area contributed by atoms with Crippen LogP contribution in [0.3, 0.4) is 0 Å². The molecular formula is C16H29N3O2. The molecular weight excluding hydrogens is 266 g/mol. The largest absolute Gasteiger partial charge is 0.383 e. The molecule has 1 saturated heterocycles. The third-order valence-electron chi connectivity index (χ3n) is 4.36. The van der Waals surface area contributed by atoms with Crippen molar-refractivity contribution in [3.63, 3.8) is 0 Å². The lowest BCUT2D eigenvalue weighted by atomic mass is 10.1. The Labute approximate surface area is 128 Å².